The minimum atomic E-state index is -0.486. The zero-order valence-electron chi connectivity index (χ0n) is 11.7. The van der Waals surface area contributed by atoms with Gasteiger partial charge in [-0.25, -0.2) is 8.78 Å². The number of alkyl halides is 1. The maximum absolute atomic E-state index is 13.8. The summed E-state index contributed by atoms with van der Waals surface area (Å²) >= 11 is 3.53. The molecule has 0 aliphatic rings. The number of hydrogen-bond acceptors (Lipinski definition) is 0. The first-order valence-electron chi connectivity index (χ1n) is 6.22. The van der Waals surface area contributed by atoms with Crippen molar-refractivity contribution in [1.29, 1.82) is 0 Å². The van der Waals surface area contributed by atoms with Crippen molar-refractivity contribution < 1.29 is 8.78 Å². The summed E-state index contributed by atoms with van der Waals surface area (Å²) in [5.74, 6) is -0.521. The largest absolute Gasteiger partial charge is 0.207 e. The van der Waals surface area contributed by atoms with Crippen molar-refractivity contribution in [3.05, 3.63) is 34.9 Å². The van der Waals surface area contributed by atoms with Crippen LogP contribution in [-0.2, 0) is 0 Å². The summed E-state index contributed by atoms with van der Waals surface area (Å²) in [6, 6.07) is 2.57. The third kappa shape index (κ3) is 3.78. The van der Waals surface area contributed by atoms with Crippen LogP contribution in [0.1, 0.15) is 50.1 Å². The van der Waals surface area contributed by atoms with Crippen molar-refractivity contribution in [3.8, 4) is 0 Å². The van der Waals surface area contributed by atoms with E-state index < -0.39 is 11.6 Å². The molecule has 2 atom stereocenters. The SMILES string of the molecule is Cc1cc(C(Br)CC(C)C(C)(C)C)c(F)cc1F. The topological polar surface area (TPSA) is 0 Å². The molecular weight excluding hydrogens is 298 g/mol. The smallest absolute Gasteiger partial charge is 0.130 e. The van der Waals surface area contributed by atoms with Crippen LogP contribution in [0.3, 0.4) is 0 Å². The van der Waals surface area contributed by atoms with Crippen LogP contribution in [0.4, 0.5) is 8.78 Å². The molecule has 0 N–H and O–H groups in total. The molecule has 0 bridgehead atoms. The lowest BCUT2D eigenvalue weighted by Gasteiger charge is -2.29. The number of halogens is 3. The molecule has 0 aliphatic heterocycles. The van der Waals surface area contributed by atoms with Crippen LogP contribution in [0.5, 0.6) is 0 Å². The molecule has 0 aromatic heterocycles. The first kappa shape index (κ1) is 15.6. The molecule has 18 heavy (non-hydrogen) atoms. The molecule has 0 radical (unpaired) electrons. The molecule has 0 amide bonds. The number of aryl methyl sites for hydroxylation is 1. The molecule has 0 spiro atoms. The van der Waals surface area contributed by atoms with E-state index in [1.54, 1.807) is 13.0 Å². The summed E-state index contributed by atoms with van der Waals surface area (Å²) in [6.07, 6.45) is 0.825. The average Bonchev–Trinajstić information content (AvgIpc) is 2.21. The van der Waals surface area contributed by atoms with E-state index in [1.165, 1.54) is 0 Å². The molecule has 0 fully saturated rings. The Hall–Kier alpha value is -0.440. The summed E-state index contributed by atoms with van der Waals surface area (Å²) < 4.78 is 27.0. The fourth-order valence-electron chi connectivity index (χ4n) is 1.71. The van der Waals surface area contributed by atoms with Crippen molar-refractivity contribution in [2.75, 3.05) is 0 Å². The highest BCUT2D eigenvalue weighted by atomic mass is 79.9. The van der Waals surface area contributed by atoms with Crippen LogP contribution >= 0.6 is 15.9 Å². The molecule has 1 aromatic carbocycles. The minimum absolute atomic E-state index is 0.0778. The van der Waals surface area contributed by atoms with E-state index in [4.69, 9.17) is 0 Å². The number of hydrogen-bond donors (Lipinski definition) is 0. The van der Waals surface area contributed by atoms with Crippen LogP contribution in [0, 0.1) is 29.9 Å². The van der Waals surface area contributed by atoms with Gasteiger partial charge < -0.3 is 0 Å². The van der Waals surface area contributed by atoms with E-state index in [0.29, 0.717) is 17.0 Å². The molecule has 0 aliphatic carbocycles. The van der Waals surface area contributed by atoms with E-state index in [-0.39, 0.29) is 10.2 Å². The molecule has 0 saturated carbocycles. The fraction of sp³-hybridized carbons (Fsp3) is 0.600. The normalized spacial score (nSPS) is 15.6. The zero-order valence-corrected chi connectivity index (χ0v) is 13.2. The Kier molecular flexibility index (Phi) is 4.93. The molecule has 102 valence electrons. The van der Waals surface area contributed by atoms with Crippen LogP contribution in [0.15, 0.2) is 12.1 Å². The fourth-order valence-corrected chi connectivity index (χ4v) is 2.62. The van der Waals surface area contributed by atoms with Gasteiger partial charge in [-0.2, -0.15) is 0 Å². The van der Waals surface area contributed by atoms with Gasteiger partial charge in [-0.15, -0.1) is 0 Å². The lowest BCUT2D eigenvalue weighted by Crippen LogP contribution is -2.18. The van der Waals surface area contributed by atoms with Gasteiger partial charge in [0.15, 0.2) is 0 Å². The highest BCUT2D eigenvalue weighted by Gasteiger charge is 2.25. The van der Waals surface area contributed by atoms with Gasteiger partial charge in [0.2, 0.25) is 0 Å². The Morgan fingerprint density at radius 2 is 1.72 bits per heavy atom. The van der Waals surface area contributed by atoms with E-state index in [9.17, 15) is 8.78 Å². The summed E-state index contributed by atoms with van der Waals surface area (Å²) in [6.45, 7) is 10.3. The van der Waals surface area contributed by atoms with Crippen molar-refractivity contribution in [3.63, 3.8) is 0 Å². The molecule has 0 saturated heterocycles. The Labute approximate surface area is 117 Å². The van der Waals surface area contributed by atoms with Crippen LogP contribution < -0.4 is 0 Å². The van der Waals surface area contributed by atoms with Crippen LogP contribution in [-0.4, -0.2) is 0 Å². The monoisotopic (exact) mass is 318 g/mol. The van der Waals surface area contributed by atoms with Gasteiger partial charge in [0.1, 0.15) is 11.6 Å². The first-order chi connectivity index (χ1) is 8.12. The van der Waals surface area contributed by atoms with E-state index in [2.05, 4.69) is 43.6 Å². The molecular formula is C15H21BrF2. The quantitative estimate of drug-likeness (QED) is 0.619. The van der Waals surface area contributed by atoms with Crippen LogP contribution in [0.2, 0.25) is 0 Å². The van der Waals surface area contributed by atoms with Crippen LogP contribution in [0.25, 0.3) is 0 Å². The summed E-state index contributed by atoms with van der Waals surface area (Å²) in [5.41, 5.74) is 1.21. The maximum Gasteiger partial charge on any atom is 0.130 e. The highest BCUT2D eigenvalue weighted by molar-refractivity contribution is 9.09. The van der Waals surface area contributed by atoms with Crippen molar-refractivity contribution in [2.45, 2.75) is 45.9 Å². The average molecular weight is 319 g/mol. The second-order valence-electron chi connectivity index (χ2n) is 6.09. The Morgan fingerprint density at radius 1 is 1.17 bits per heavy atom. The molecule has 1 rings (SSSR count). The molecule has 2 unspecified atom stereocenters. The summed E-state index contributed by atoms with van der Waals surface area (Å²) in [5, 5.41) is 0. The second kappa shape index (κ2) is 5.68. The maximum atomic E-state index is 13.8. The standard InChI is InChI=1S/C15H21BrF2/c1-9-6-11(14(18)8-13(9)17)12(16)7-10(2)15(3,4)5/h6,8,10,12H,7H2,1-5H3. The van der Waals surface area contributed by atoms with Gasteiger partial charge in [-0.05, 0) is 36.3 Å². The number of benzene rings is 1. The summed E-state index contributed by atoms with van der Waals surface area (Å²) in [4.78, 5) is -0.0778. The van der Waals surface area contributed by atoms with E-state index in [1.807, 2.05) is 0 Å². The van der Waals surface area contributed by atoms with Gasteiger partial charge >= 0.3 is 0 Å². The third-order valence-electron chi connectivity index (χ3n) is 3.65. The first-order valence-corrected chi connectivity index (χ1v) is 7.14. The third-order valence-corrected chi connectivity index (χ3v) is 4.52. The molecule has 1 aromatic rings. The Balaban J connectivity index is 2.91. The van der Waals surface area contributed by atoms with Crippen molar-refractivity contribution >= 4 is 15.9 Å². The predicted molar refractivity (Wildman–Crippen MR) is 76.0 cm³/mol. The molecule has 0 heterocycles. The van der Waals surface area contributed by atoms with Gasteiger partial charge in [0.25, 0.3) is 0 Å². The second-order valence-corrected chi connectivity index (χ2v) is 7.20. The van der Waals surface area contributed by atoms with Gasteiger partial charge in [-0.3, -0.25) is 0 Å². The Bertz CT molecular complexity index is 421. The van der Waals surface area contributed by atoms with Gasteiger partial charge in [0, 0.05) is 16.5 Å². The number of rotatable bonds is 3. The zero-order chi connectivity index (χ0) is 14.1. The minimum Gasteiger partial charge on any atom is -0.207 e. The lowest BCUT2D eigenvalue weighted by atomic mass is 9.79. The van der Waals surface area contributed by atoms with E-state index in [0.717, 1.165) is 12.5 Å². The Morgan fingerprint density at radius 3 is 2.22 bits per heavy atom. The summed E-state index contributed by atoms with van der Waals surface area (Å²) in [7, 11) is 0. The lowest BCUT2D eigenvalue weighted by molar-refractivity contribution is 0.246. The molecule has 3 heteroatoms. The van der Waals surface area contributed by atoms with Gasteiger partial charge in [-0.1, -0.05) is 43.6 Å². The predicted octanol–water partition coefficient (Wildman–Crippen LogP) is 5.78. The van der Waals surface area contributed by atoms with Crippen molar-refractivity contribution in [2.24, 2.45) is 11.3 Å². The highest BCUT2D eigenvalue weighted by Crippen LogP contribution is 2.38. The van der Waals surface area contributed by atoms with Crippen molar-refractivity contribution in [1.82, 2.24) is 0 Å². The molecule has 0 nitrogen and oxygen atoms in total. The van der Waals surface area contributed by atoms with Gasteiger partial charge in [0.05, 0.1) is 0 Å². The van der Waals surface area contributed by atoms with E-state index >= 15 is 0 Å².